The number of fused-ring (bicyclic) bond motifs is 8. The molecule has 0 fully saturated rings. The van der Waals surface area contributed by atoms with Gasteiger partial charge >= 0.3 is 0 Å². The molecule has 8 aromatic carbocycles. The quantitative estimate of drug-likeness (QED) is 0.187. The number of hydrogen-bond acceptors (Lipinski definition) is 0. The third kappa shape index (κ3) is 4.34. The Labute approximate surface area is 279 Å². The van der Waals surface area contributed by atoms with Crippen molar-refractivity contribution >= 4 is 65.2 Å². The van der Waals surface area contributed by atoms with Gasteiger partial charge in [0.25, 0.3) is 0 Å². The van der Waals surface area contributed by atoms with E-state index in [0.29, 0.717) is 0 Å². The highest BCUT2D eigenvalue weighted by Gasteiger charge is 2.16. The fourth-order valence-corrected chi connectivity index (χ4v) is 7.49. The van der Waals surface area contributed by atoms with Crippen LogP contribution in [-0.2, 0) is 0 Å². The number of hydrogen-bond donors (Lipinski definition) is 0. The molecule has 2 nitrogen and oxygen atoms in total. The van der Waals surface area contributed by atoms with Crippen LogP contribution in [0, 0.1) is 0 Å². The summed E-state index contributed by atoms with van der Waals surface area (Å²) in [6, 6.07) is 62.1. The van der Waals surface area contributed by atoms with Crippen molar-refractivity contribution in [1.29, 1.82) is 0 Å². The predicted octanol–water partition coefficient (Wildman–Crippen LogP) is 12.9. The summed E-state index contributed by atoms with van der Waals surface area (Å²) >= 11 is 0. The van der Waals surface area contributed by atoms with Gasteiger partial charge in [-0.3, -0.25) is 0 Å². The van der Waals surface area contributed by atoms with Crippen LogP contribution >= 0.6 is 0 Å². The molecule has 2 aromatic heterocycles. The third-order valence-electron chi connectivity index (χ3n) is 9.66. The minimum atomic E-state index is 1.18. The molecular formula is C46H34N2. The zero-order valence-electron chi connectivity index (χ0n) is 27.1. The topological polar surface area (TPSA) is 9.86 Å². The molecular weight excluding hydrogens is 581 g/mol. The van der Waals surface area contributed by atoms with E-state index in [9.17, 15) is 0 Å². The van der Waals surface area contributed by atoms with Gasteiger partial charge in [0, 0.05) is 32.9 Å². The van der Waals surface area contributed by atoms with E-state index in [-0.39, 0.29) is 0 Å². The second kappa shape index (κ2) is 11.3. The normalized spacial score (nSPS) is 11.5. The van der Waals surface area contributed by atoms with Crippen molar-refractivity contribution in [3.63, 3.8) is 0 Å². The highest BCUT2D eigenvalue weighted by molar-refractivity contribution is 6.13. The monoisotopic (exact) mass is 614 g/mol. The van der Waals surface area contributed by atoms with E-state index in [0.717, 1.165) is 0 Å². The fraction of sp³-hybridized carbons (Fsp3) is 0.0435. The average molecular weight is 615 g/mol. The lowest BCUT2D eigenvalue weighted by molar-refractivity contribution is 1.18. The second-order valence-corrected chi connectivity index (χ2v) is 12.2. The molecule has 0 saturated carbocycles. The van der Waals surface area contributed by atoms with Crippen LogP contribution in [0.4, 0.5) is 0 Å². The van der Waals surface area contributed by atoms with Gasteiger partial charge in [-0.25, -0.2) is 0 Å². The van der Waals surface area contributed by atoms with Crippen LogP contribution < -0.4 is 0 Å². The molecule has 0 unspecified atom stereocenters. The molecule has 0 saturated heterocycles. The molecule has 0 aliphatic carbocycles. The summed E-state index contributed by atoms with van der Waals surface area (Å²) in [4.78, 5) is 0. The van der Waals surface area contributed by atoms with Gasteiger partial charge < -0.3 is 9.13 Å². The van der Waals surface area contributed by atoms with Crippen LogP contribution in [0.25, 0.3) is 87.7 Å². The van der Waals surface area contributed by atoms with Crippen LogP contribution in [0.5, 0.6) is 0 Å². The lowest BCUT2D eigenvalue weighted by atomic mass is 10.0. The summed E-state index contributed by atoms with van der Waals surface area (Å²) in [6.07, 6.45) is 0. The Morgan fingerprint density at radius 1 is 0.292 bits per heavy atom. The molecule has 48 heavy (non-hydrogen) atoms. The van der Waals surface area contributed by atoms with Crippen LogP contribution in [0.15, 0.2) is 170 Å². The number of para-hydroxylation sites is 2. The lowest BCUT2D eigenvalue weighted by Crippen LogP contribution is -1.94. The van der Waals surface area contributed by atoms with Crippen LogP contribution in [-0.4, -0.2) is 9.13 Å². The van der Waals surface area contributed by atoms with E-state index in [1.165, 1.54) is 87.7 Å². The predicted molar refractivity (Wildman–Crippen MR) is 207 cm³/mol. The van der Waals surface area contributed by atoms with Crippen LogP contribution in [0.1, 0.15) is 13.8 Å². The second-order valence-electron chi connectivity index (χ2n) is 12.2. The maximum absolute atomic E-state index is 2.40. The molecule has 0 aliphatic rings. The van der Waals surface area contributed by atoms with Crippen LogP contribution in [0.3, 0.4) is 0 Å². The Bertz CT molecular complexity index is 2620. The van der Waals surface area contributed by atoms with Gasteiger partial charge in [-0.15, -0.1) is 0 Å². The van der Waals surface area contributed by atoms with Gasteiger partial charge in [-0.2, -0.15) is 0 Å². The molecule has 10 rings (SSSR count). The van der Waals surface area contributed by atoms with Gasteiger partial charge in [0.1, 0.15) is 0 Å². The van der Waals surface area contributed by atoms with Crippen molar-refractivity contribution in [3.8, 4) is 22.5 Å². The molecule has 0 spiro atoms. The summed E-state index contributed by atoms with van der Waals surface area (Å²) in [6.45, 7) is 4.00. The Morgan fingerprint density at radius 3 is 1.12 bits per heavy atom. The first kappa shape index (κ1) is 28.1. The van der Waals surface area contributed by atoms with E-state index in [1.54, 1.807) is 0 Å². The lowest BCUT2D eigenvalue weighted by Gasteiger charge is -2.10. The first-order valence-corrected chi connectivity index (χ1v) is 16.9. The zero-order valence-corrected chi connectivity index (χ0v) is 27.1. The zero-order chi connectivity index (χ0) is 32.2. The maximum atomic E-state index is 2.40. The van der Waals surface area contributed by atoms with E-state index in [4.69, 9.17) is 0 Å². The van der Waals surface area contributed by atoms with Crippen molar-refractivity contribution in [1.82, 2.24) is 9.13 Å². The van der Waals surface area contributed by atoms with E-state index < -0.39 is 0 Å². The molecule has 2 heterocycles. The molecule has 0 atom stereocenters. The average Bonchev–Trinajstić information content (AvgIpc) is 3.67. The van der Waals surface area contributed by atoms with Gasteiger partial charge in [0.2, 0.25) is 0 Å². The Balaban J connectivity index is 0.00000154. The number of benzene rings is 8. The van der Waals surface area contributed by atoms with Crippen molar-refractivity contribution in [2.45, 2.75) is 13.8 Å². The number of nitrogens with zero attached hydrogens (tertiary/aromatic N) is 2. The van der Waals surface area contributed by atoms with Gasteiger partial charge in [-0.05, 0) is 93.3 Å². The SMILES string of the molecule is CC.c1ccc2cc(-n3c4ccccc4c4cc(-c5ccc6c(c5)c5ccccc5n6-c5ccc6ccccc6c5)ccc43)ccc2c1. The molecule has 0 aliphatic heterocycles. The summed E-state index contributed by atoms with van der Waals surface area (Å²) in [5.41, 5.74) is 9.68. The Kier molecular flexibility index (Phi) is 6.62. The van der Waals surface area contributed by atoms with Crippen molar-refractivity contribution in [3.05, 3.63) is 170 Å². The highest BCUT2D eigenvalue weighted by Crippen LogP contribution is 2.38. The largest absolute Gasteiger partial charge is 0.309 e. The third-order valence-corrected chi connectivity index (χ3v) is 9.66. The summed E-state index contributed by atoms with van der Waals surface area (Å²) in [5.74, 6) is 0. The molecule has 0 amide bonds. The van der Waals surface area contributed by atoms with Crippen molar-refractivity contribution < 1.29 is 0 Å². The summed E-state index contributed by atoms with van der Waals surface area (Å²) in [5, 5.41) is 10.1. The van der Waals surface area contributed by atoms with Gasteiger partial charge in [0.05, 0.1) is 22.1 Å². The van der Waals surface area contributed by atoms with E-state index in [2.05, 4.69) is 179 Å². The van der Waals surface area contributed by atoms with Crippen molar-refractivity contribution in [2.24, 2.45) is 0 Å². The standard InChI is InChI=1S/C44H28N2.C2H6/c1-3-11-31-25-35(21-17-29(31)9-1)45-41-15-7-5-13-37(41)39-27-33(19-23-43(39)45)34-20-24-44-40(28-34)38-14-6-8-16-42(38)46(44)36-22-18-30-10-2-4-12-32(30)26-36;1-2/h1-28H;1-2H3. The van der Waals surface area contributed by atoms with E-state index in [1.807, 2.05) is 13.8 Å². The highest BCUT2D eigenvalue weighted by atomic mass is 15.0. The number of rotatable bonds is 3. The number of aromatic nitrogens is 2. The molecule has 0 N–H and O–H groups in total. The van der Waals surface area contributed by atoms with Gasteiger partial charge in [0.15, 0.2) is 0 Å². The molecule has 228 valence electrons. The molecule has 0 bridgehead atoms. The first-order valence-electron chi connectivity index (χ1n) is 16.9. The minimum absolute atomic E-state index is 1.18. The molecule has 10 aromatic rings. The molecule has 2 heteroatoms. The molecule has 0 radical (unpaired) electrons. The minimum Gasteiger partial charge on any atom is -0.309 e. The van der Waals surface area contributed by atoms with Crippen molar-refractivity contribution in [2.75, 3.05) is 0 Å². The smallest absolute Gasteiger partial charge is 0.0541 e. The Hall–Kier alpha value is -6.12. The van der Waals surface area contributed by atoms with E-state index >= 15 is 0 Å². The van der Waals surface area contributed by atoms with Crippen LogP contribution in [0.2, 0.25) is 0 Å². The van der Waals surface area contributed by atoms with Gasteiger partial charge in [-0.1, -0.05) is 123 Å². The fourth-order valence-electron chi connectivity index (χ4n) is 7.49. The maximum Gasteiger partial charge on any atom is 0.0541 e. The summed E-state index contributed by atoms with van der Waals surface area (Å²) < 4.78 is 4.81. The Morgan fingerprint density at radius 2 is 0.667 bits per heavy atom. The first-order chi connectivity index (χ1) is 23.8. The summed E-state index contributed by atoms with van der Waals surface area (Å²) in [7, 11) is 0.